The first-order valence-electron chi connectivity index (χ1n) is 12.5. The van der Waals surface area contributed by atoms with Crippen molar-refractivity contribution in [3.05, 3.63) is 82.4 Å². The van der Waals surface area contributed by atoms with E-state index in [2.05, 4.69) is 0 Å². The standard InChI is InChI=1S/C31H30O7/c1-17-8-11-21-20(14-17)26(32)38-31(21)22-12-9-18(35-27(33)29(2,3)4)15-24(22)37-25-16-19(10-13-23(25)31)36-28(34)30(5,6)7/h8-16H,1-7H3. The summed E-state index contributed by atoms with van der Waals surface area (Å²) in [5, 5.41) is 0. The molecule has 0 amide bonds. The van der Waals surface area contributed by atoms with Gasteiger partial charge in [-0.2, -0.15) is 0 Å². The summed E-state index contributed by atoms with van der Waals surface area (Å²) in [6, 6.07) is 15.7. The first-order valence-corrected chi connectivity index (χ1v) is 12.5. The molecule has 2 heterocycles. The molecule has 38 heavy (non-hydrogen) atoms. The number of esters is 3. The van der Waals surface area contributed by atoms with Crippen LogP contribution in [0, 0.1) is 17.8 Å². The van der Waals surface area contributed by atoms with Crippen LogP contribution in [0.25, 0.3) is 0 Å². The summed E-state index contributed by atoms with van der Waals surface area (Å²) >= 11 is 0. The Morgan fingerprint density at radius 1 is 0.711 bits per heavy atom. The van der Waals surface area contributed by atoms with Gasteiger partial charge in [0.05, 0.1) is 16.4 Å². The number of aryl methyl sites for hydroxylation is 1. The highest BCUT2D eigenvalue weighted by molar-refractivity contribution is 5.97. The van der Waals surface area contributed by atoms with Crippen LogP contribution >= 0.6 is 0 Å². The zero-order valence-electron chi connectivity index (χ0n) is 22.6. The molecule has 0 N–H and O–H groups in total. The average molecular weight is 515 g/mol. The van der Waals surface area contributed by atoms with Crippen molar-refractivity contribution in [2.24, 2.45) is 10.8 Å². The fourth-order valence-electron chi connectivity index (χ4n) is 4.45. The zero-order valence-corrected chi connectivity index (χ0v) is 22.6. The van der Waals surface area contributed by atoms with E-state index in [9.17, 15) is 14.4 Å². The number of hydrogen-bond donors (Lipinski definition) is 0. The highest BCUT2D eigenvalue weighted by Crippen LogP contribution is 2.57. The number of ether oxygens (including phenoxy) is 4. The van der Waals surface area contributed by atoms with Crippen molar-refractivity contribution >= 4 is 17.9 Å². The van der Waals surface area contributed by atoms with E-state index in [1.165, 1.54) is 0 Å². The normalized spacial score (nSPS) is 15.1. The number of carbonyl (C=O) groups excluding carboxylic acids is 3. The highest BCUT2D eigenvalue weighted by Gasteiger charge is 2.53. The van der Waals surface area contributed by atoms with Gasteiger partial charge < -0.3 is 18.9 Å². The van der Waals surface area contributed by atoms with Crippen molar-refractivity contribution in [2.75, 3.05) is 0 Å². The maximum Gasteiger partial charge on any atom is 0.340 e. The van der Waals surface area contributed by atoms with Crippen molar-refractivity contribution in [2.45, 2.75) is 54.1 Å². The molecule has 7 heteroatoms. The predicted molar refractivity (Wildman–Crippen MR) is 140 cm³/mol. The molecule has 3 aromatic carbocycles. The van der Waals surface area contributed by atoms with E-state index >= 15 is 0 Å². The van der Waals surface area contributed by atoms with Gasteiger partial charge in [0.2, 0.25) is 0 Å². The van der Waals surface area contributed by atoms with Crippen LogP contribution in [0.3, 0.4) is 0 Å². The lowest BCUT2D eigenvalue weighted by Crippen LogP contribution is -2.33. The fraction of sp³-hybridized carbons (Fsp3) is 0.323. The zero-order chi connectivity index (χ0) is 27.6. The summed E-state index contributed by atoms with van der Waals surface area (Å²) < 4.78 is 23.7. The summed E-state index contributed by atoms with van der Waals surface area (Å²) in [7, 11) is 0. The van der Waals surface area contributed by atoms with Crippen LogP contribution in [0.5, 0.6) is 23.0 Å². The lowest BCUT2D eigenvalue weighted by molar-refractivity contribution is -0.143. The summed E-state index contributed by atoms with van der Waals surface area (Å²) in [6.07, 6.45) is 0. The molecule has 0 fully saturated rings. The van der Waals surface area contributed by atoms with Gasteiger partial charge in [-0.25, -0.2) is 4.79 Å². The summed E-state index contributed by atoms with van der Waals surface area (Å²) in [4.78, 5) is 38.2. The van der Waals surface area contributed by atoms with Gasteiger partial charge in [-0.1, -0.05) is 17.7 Å². The Kier molecular flexibility index (Phi) is 5.67. The van der Waals surface area contributed by atoms with Crippen molar-refractivity contribution < 1.29 is 33.3 Å². The van der Waals surface area contributed by atoms with E-state index in [1.807, 2.05) is 19.1 Å². The van der Waals surface area contributed by atoms with Crippen molar-refractivity contribution in [1.29, 1.82) is 0 Å². The van der Waals surface area contributed by atoms with E-state index < -0.39 is 34.3 Å². The summed E-state index contributed by atoms with van der Waals surface area (Å²) in [5.41, 5.74) is 0.573. The molecule has 0 unspecified atom stereocenters. The van der Waals surface area contributed by atoms with Gasteiger partial charge in [-0.05, 0) is 78.8 Å². The molecule has 196 valence electrons. The highest BCUT2D eigenvalue weighted by atomic mass is 16.6. The smallest absolute Gasteiger partial charge is 0.340 e. The van der Waals surface area contributed by atoms with Gasteiger partial charge in [0.1, 0.15) is 23.0 Å². The van der Waals surface area contributed by atoms with Gasteiger partial charge >= 0.3 is 17.9 Å². The van der Waals surface area contributed by atoms with Gasteiger partial charge in [-0.15, -0.1) is 0 Å². The quantitative estimate of drug-likeness (QED) is 0.286. The molecule has 5 rings (SSSR count). The minimum absolute atomic E-state index is 0.297. The molecule has 0 atom stereocenters. The van der Waals surface area contributed by atoms with Crippen LogP contribution in [0.4, 0.5) is 0 Å². The van der Waals surface area contributed by atoms with Gasteiger partial charge in [0.15, 0.2) is 5.60 Å². The molecule has 0 saturated heterocycles. The molecule has 1 spiro atoms. The van der Waals surface area contributed by atoms with Crippen LogP contribution in [0.15, 0.2) is 54.6 Å². The summed E-state index contributed by atoms with van der Waals surface area (Å²) in [5.74, 6) is 0.0706. The Labute approximate surface area is 221 Å². The van der Waals surface area contributed by atoms with E-state index in [0.717, 1.165) is 5.56 Å². The summed E-state index contributed by atoms with van der Waals surface area (Å²) in [6.45, 7) is 12.5. The molecular formula is C31H30O7. The average Bonchev–Trinajstić information content (AvgIpc) is 3.09. The van der Waals surface area contributed by atoms with Crippen molar-refractivity contribution in [1.82, 2.24) is 0 Å². The number of benzene rings is 3. The van der Waals surface area contributed by atoms with E-state index in [0.29, 0.717) is 45.3 Å². The maximum absolute atomic E-state index is 13.2. The Bertz CT molecular complexity index is 1420. The Hall–Kier alpha value is -4.13. The maximum atomic E-state index is 13.2. The second kappa shape index (κ2) is 8.45. The molecule has 2 aliphatic rings. The Morgan fingerprint density at radius 3 is 1.66 bits per heavy atom. The number of hydrogen-bond acceptors (Lipinski definition) is 7. The molecule has 7 nitrogen and oxygen atoms in total. The number of rotatable bonds is 2. The van der Waals surface area contributed by atoms with Gasteiger partial charge in [0.25, 0.3) is 0 Å². The third kappa shape index (κ3) is 4.12. The third-order valence-corrected chi connectivity index (χ3v) is 6.55. The third-order valence-electron chi connectivity index (χ3n) is 6.55. The van der Waals surface area contributed by atoms with Crippen molar-refractivity contribution in [3.63, 3.8) is 0 Å². The molecule has 0 bridgehead atoms. The predicted octanol–water partition coefficient (Wildman–Crippen LogP) is 6.47. The largest absolute Gasteiger partial charge is 0.456 e. The number of carbonyl (C=O) groups is 3. The number of fused-ring (bicyclic) bond motifs is 6. The molecular weight excluding hydrogens is 484 g/mol. The molecule has 2 aliphatic heterocycles. The van der Waals surface area contributed by atoms with Crippen LogP contribution in [0.2, 0.25) is 0 Å². The van der Waals surface area contributed by atoms with Gasteiger partial charge in [0, 0.05) is 28.8 Å². The first-order chi connectivity index (χ1) is 17.7. The Balaban J connectivity index is 1.67. The lowest BCUT2D eigenvalue weighted by Gasteiger charge is -2.36. The van der Waals surface area contributed by atoms with Crippen LogP contribution < -0.4 is 14.2 Å². The fourth-order valence-corrected chi connectivity index (χ4v) is 4.45. The molecule has 0 aromatic heterocycles. The lowest BCUT2D eigenvalue weighted by atomic mass is 9.77. The van der Waals surface area contributed by atoms with E-state index in [4.69, 9.17) is 18.9 Å². The Morgan fingerprint density at radius 2 is 1.18 bits per heavy atom. The van der Waals surface area contributed by atoms with Crippen LogP contribution in [0.1, 0.15) is 74.2 Å². The van der Waals surface area contributed by atoms with Crippen LogP contribution in [-0.2, 0) is 19.9 Å². The van der Waals surface area contributed by atoms with E-state index in [1.54, 1.807) is 84.0 Å². The minimum atomic E-state index is -1.29. The SMILES string of the molecule is Cc1ccc2c(c1)C(=O)OC21c2ccc(OC(=O)C(C)(C)C)cc2Oc2cc(OC(=O)C(C)(C)C)ccc21. The minimum Gasteiger partial charge on any atom is -0.456 e. The second-order valence-corrected chi connectivity index (χ2v) is 11.8. The second-order valence-electron chi connectivity index (χ2n) is 11.8. The molecule has 3 aromatic rings. The molecule has 0 aliphatic carbocycles. The topological polar surface area (TPSA) is 88.1 Å². The van der Waals surface area contributed by atoms with E-state index in [-0.39, 0.29) is 0 Å². The molecule has 0 radical (unpaired) electrons. The van der Waals surface area contributed by atoms with Gasteiger partial charge in [-0.3, -0.25) is 9.59 Å². The van der Waals surface area contributed by atoms with Crippen LogP contribution in [-0.4, -0.2) is 17.9 Å². The molecule has 0 saturated carbocycles. The van der Waals surface area contributed by atoms with Crippen molar-refractivity contribution in [3.8, 4) is 23.0 Å². The monoisotopic (exact) mass is 514 g/mol. The first kappa shape index (κ1) is 25.5.